The lowest BCUT2D eigenvalue weighted by Crippen LogP contribution is -2.17. The van der Waals surface area contributed by atoms with Crippen LogP contribution in [-0.2, 0) is 10.0 Å². The van der Waals surface area contributed by atoms with Crippen LogP contribution < -0.4 is 4.72 Å². The molecule has 23 heavy (non-hydrogen) atoms. The third-order valence-corrected chi connectivity index (χ3v) is 5.69. The van der Waals surface area contributed by atoms with Gasteiger partial charge in [-0.05, 0) is 43.5 Å². The van der Waals surface area contributed by atoms with Crippen LogP contribution in [0.15, 0.2) is 30.4 Å². The lowest BCUT2D eigenvalue weighted by atomic mass is 10.1. The van der Waals surface area contributed by atoms with E-state index in [1.54, 1.807) is 31.2 Å². The number of H-pyrrole nitrogens is 1. The minimum absolute atomic E-state index is 0.150. The molecule has 0 radical (unpaired) electrons. The van der Waals surface area contributed by atoms with Crippen molar-refractivity contribution in [3.63, 3.8) is 0 Å². The van der Waals surface area contributed by atoms with Crippen LogP contribution in [0.5, 0.6) is 0 Å². The maximum absolute atomic E-state index is 12.1. The maximum atomic E-state index is 12.1. The number of aromatic nitrogens is 1. The molecule has 0 amide bonds. The van der Waals surface area contributed by atoms with E-state index in [0.29, 0.717) is 24.0 Å². The Hall–Kier alpha value is -2.59. The number of sulfonamides is 1. The van der Waals surface area contributed by atoms with Crippen LogP contribution in [0.2, 0.25) is 0 Å². The zero-order chi connectivity index (χ0) is 16.8. The summed E-state index contributed by atoms with van der Waals surface area (Å²) in [5.41, 5.74) is 1.98. The van der Waals surface area contributed by atoms with E-state index in [1.807, 2.05) is 0 Å². The number of nitrogens with zero attached hydrogens (tertiary/aromatic N) is 1. The van der Waals surface area contributed by atoms with Gasteiger partial charge in [-0.3, -0.25) is 9.52 Å². The van der Waals surface area contributed by atoms with Gasteiger partial charge in [-0.2, -0.15) is 5.26 Å². The zero-order valence-corrected chi connectivity index (χ0v) is 13.3. The molecule has 118 valence electrons. The summed E-state index contributed by atoms with van der Waals surface area (Å²) in [6.45, 7) is 5.21. The minimum atomic E-state index is -3.35. The van der Waals surface area contributed by atoms with Crippen molar-refractivity contribution in [1.29, 1.82) is 5.26 Å². The third-order valence-electron chi connectivity index (χ3n) is 3.83. The molecule has 1 heterocycles. The maximum Gasteiger partial charge on any atom is 0.235 e. The van der Waals surface area contributed by atoms with Crippen molar-refractivity contribution in [3.05, 3.63) is 41.6 Å². The number of hydrogen-bond donors (Lipinski definition) is 2. The quantitative estimate of drug-likeness (QED) is 0.500. The molecule has 1 aliphatic rings. The first kappa shape index (κ1) is 15.3. The highest BCUT2D eigenvalue weighted by Crippen LogP contribution is 2.32. The number of aromatic amines is 1. The fourth-order valence-electron chi connectivity index (χ4n) is 2.36. The number of aryl methyl sites for hydroxylation is 1. The van der Waals surface area contributed by atoms with Gasteiger partial charge in [0.15, 0.2) is 0 Å². The van der Waals surface area contributed by atoms with E-state index in [1.165, 1.54) is 0 Å². The van der Waals surface area contributed by atoms with Crippen molar-refractivity contribution in [3.8, 4) is 6.07 Å². The Morgan fingerprint density at radius 1 is 1.39 bits per heavy atom. The minimum Gasteiger partial charge on any atom is -0.352 e. The number of allylic oxidation sites excluding steroid dienone is 1. The third kappa shape index (κ3) is 2.85. The van der Waals surface area contributed by atoms with Gasteiger partial charge in [0.05, 0.1) is 22.2 Å². The highest BCUT2D eigenvalue weighted by molar-refractivity contribution is 7.93. The summed E-state index contributed by atoms with van der Waals surface area (Å²) in [4.78, 5) is 14.9. The van der Waals surface area contributed by atoms with Crippen molar-refractivity contribution in [1.82, 2.24) is 4.98 Å². The molecule has 3 rings (SSSR count). The highest BCUT2D eigenvalue weighted by atomic mass is 32.2. The van der Waals surface area contributed by atoms with Gasteiger partial charge in [0.1, 0.15) is 6.07 Å². The molecule has 0 unspecified atom stereocenters. The summed E-state index contributed by atoms with van der Waals surface area (Å²) in [7, 11) is -3.35. The van der Waals surface area contributed by atoms with Gasteiger partial charge in [-0.15, -0.1) is 0 Å². The molecule has 0 bridgehead atoms. The van der Waals surface area contributed by atoms with Gasteiger partial charge in [0, 0.05) is 10.9 Å². The molecule has 0 aliphatic heterocycles. The number of hydrogen-bond acceptors (Lipinski definition) is 4. The molecule has 0 saturated heterocycles. The summed E-state index contributed by atoms with van der Waals surface area (Å²) in [5, 5.41) is 9.22. The largest absolute Gasteiger partial charge is 0.352 e. The summed E-state index contributed by atoms with van der Waals surface area (Å²) in [6, 6.07) is 6.81. The number of carbonyl (C=O) groups is 1. The Morgan fingerprint density at radius 3 is 2.70 bits per heavy atom. The second-order valence-corrected chi connectivity index (χ2v) is 7.66. The predicted molar refractivity (Wildman–Crippen MR) is 87.7 cm³/mol. The molecule has 0 spiro atoms. The summed E-state index contributed by atoms with van der Waals surface area (Å²) < 4.78 is 26.7. The first-order valence-electron chi connectivity index (χ1n) is 7.10. The average Bonchev–Trinajstić information content (AvgIpc) is 3.28. The van der Waals surface area contributed by atoms with Crippen LogP contribution in [0.25, 0.3) is 10.9 Å². The molecule has 1 aromatic carbocycles. The number of carbonyl (C=O) groups excluding carboxylic acids is 1. The lowest BCUT2D eigenvalue weighted by molar-refractivity contribution is 0.103. The Bertz CT molecular complexity index is 976. The molecule has 2 N–H and O–H groups in total. The van der Waals surface area contributed by atoms with Gasteiger partial charge >= 0.3 is 0 Å². The normalized spacial score (nSPS) is 14.4. The molecular weight excluding hydrogens is 314 g/mol. The van der Waals surface area contributed by atoms with Gasteiger partial charge < -0.3 is 4.98 Å². The van der Waals surface area contributed by atoms with Crippen LogP contribution in [0.1, 0.15) is 28.9 Å². The summed E-state index contributed by atoms with van der Waals surface area (Å²) >= 11 is 0. The Balaban J connectivity index is 1.99. The first-order chi connectivity index (χ1) is 10.8. The number of Topliss-reactive ketones (excluding diaryl/α,β-unsaturated/α-hetero) is 1. The molecule has 2 aromatic rings. The standard InChI is InChI=1S/C16H15N3O3S/c1-9-5-11-6-15(16(20)10(2)8-17)18-14(11)7-13(9)19-23(21,22)12-3-4-12/h5-7,12,18-19H,2-4H2,1H3. The molecule has 7 heteroatoms. The van der Waals surface area contributed by atoms with Gasteiger partial charge in [0.2, 0.25) is 15.8 Å². The fourth-order valence-corrected chi connectivity index (χ4v) is 3.80. The van der Waals surface area contributed by atoms with Crippen LogP contribution in [-0.4, -0.2) is 24.4 Å². The zero-order valence-electron chi connectivity index (χ0n) is 12.5. The van der Waals surface area contributed by atoms with Gasteiger partial charge in [0.25, 0.3) is 0 Å². The Morgan fingerprint density at radius 2 is 2.09 bits per heavy atom. The fraction of sp³-hybridized carbons (Fsp3) is 0.250. The van der Waals surface area contributed by atoms with E-state index in [0.717, 1.165) is 10.9 Å². The van der Waals surface area contributed by atoms with E-state index >= 15 is 0 Å². The van der Waals surface area contributed by atoms with Crippen LogP contribution in [0.4, 0.5) is 5.69 Å². The topological polar surface area (TPSA) is 103 Å². The molecule has 6 nitrogen and oxygen atoms in total. The number of rotatable bonds is 5. The number of anilines is 1. The van der Waals surface area contributed by atoms with E-state index in [9.17, 15) is 13.2 Å². The second-order valence-electron chi connectivity index (χ2n) is 5.70. The van der Waals surface area contributed by atoms with Gasteiger partial charge in [-0.25, -0.2) is 8.42 Å². The molecule has 1 aromatic heterocycles. The predicted octanol–water partition coefficient (Wildman–Crippen LogP) is 2.64. The Labute approximate surface area is 133 Å². The number of nitrogens with one attached hydrogen (secondary N) is 2. The molecule has 1 aliphatic carbocycles. The number of benzene rings is 1. The molecule has 1 saturated carbocycles. The van der Waals surface area contributed by atoms with Crippen LogP contribution in [0.3, 0.4) is 0 Å². The van der Waals surface area contributed by atoms with E-state index in [2.05, 4.69) is 16.3 Å². The van der Waals surface area contributed by atoms with Crippen molar-refractivity contribution in [2.24, 2.45) is 0 Å². The number of nitriles is 1. The second kappa shape index (κ2) is 5.25. The number of fused-ring (bicyclic) bond motifs is 1. The van der Waals surface area contributed by atoms with E-state index in [-0.39, 0.29) is 16.5 Å². The SMILES string of the molecule is C=C(C#N)C(=O)c1cc2cc(C)c(NS(=O)(=O)C3CC3)cc2[nH]1. The average molecular weight is 329 g/mol. The molecule has 1 fully saturated rings. The van der Waals surface area contributed by atoms with Crippen molar-refractivity contribution in [2.45, 2.75) is 25.0 Å². The van der Waals surface area contributed by atoms with Crippen molar-refractivity contribution < 1.29 is 13.2 Å². The highest BCUT2D eigenvalue weighted by Gasteiger charge is 2.36. The number of ketones is 1. The molecule has 0 atom stereocenters. The van der Waals surface area contributed by atoms with Crippen LogP contribution >= 0.6 is 0 Å². The smallest absolute Gasteiger partial charge is 0.235 e. The van der Waals surface area contributed by atoms with Crippen molar-refractivity contribution in [2.75, 3.05) is 4.72 Å². The van der Waals surface area contributed by atoms with Crippen molar-refractivity contribution >= 4 is 32.4 Å². The summed E-state index contributed by atoms with van der Waals surface area (Å²) in [5.74, 6) is -0.471. The van der Waals surface area contributed by atoms with E-state index < -0.39 is 15.8 Å². The Kier molecular flexibility index (Phi) is 3.49. The first-order valence-corrected chi connectivity index (χ1v) is 8.65. The molecular formula is C16H15N3O3S. The monoisotopic (exact) mass is 329 g/mol. The summed E-state index contributed by atoms with van der Waals surface area (Å²) in [6.07, 6.45) is 1.38. The van der Waals surface area contributed by atoms with Crippen LogP contribution in [0, 0.1) is 18.3 Å². The van der Waals surface area contributed by atoms with E-state index in [4.69, 9.17) is 5.26 Å². The van der Waals surface area contributed by atoms with Gasteiger partial charge in [-0.1, -0.05) is 6.58 Å². The lowest BCUT2D eigenvalue weighted by Gasteiger charge is -2.10.